The molecule has 158 valence electrons. The summed E-state index contributed by atoms with van der Waals surface area (Å²) in [5.74, 6) is -3.57. The van der Waals surface area contributed by atoms with Crippen molar-refractivity contribution in [3.05, 3.63) is 64.5 Å². The summed E-state index contributed by atoms with van der Waals surface area (Å²) < 4.78 is 76.6. The van der Waals surface area contributed by atoms with Gasteiger partial charge in [0.1, 0.15) is 17.2 Å². The van der Waals surface area contributed by atoms with Crippen LogP contribution in [0, 0.1) is 11.6 Å². The fourth-order valence-corrected chi connectivity index (χ4v) is 2.79. The molecule has 0 aliphatic heterocycles. The number of hydrogen-bond acceptors (Lipinski definition) is 5. The van der Waals surface area contributed by atoms with Crippen LogP contribution in [0.1, 0.15) is 41.9 Å². The first kappa shape index (κ1) is 21.7. The van der Waals surface area contributed by atoms with E-state index < -0.39 is 46.7 Å². The first-order valence-corrected chi connectivity index (χ1v) is 8.72. The van der Waals surface area contributed by atoms with Crippen LogP contribution in [0.25, 0.3) is 11.3 Å². The maximum Gasteiger partial charge on any atom is 0.433 e. The van der Waals surface area contributed by atoms with E-state index in [1.54, 1.807) is 0 Å². The summed E-state index contributed by atoms with van der Waals surface area (Å²) in [5.41, 5.74) is -1.67. The summed E-state index contributed by atoms with van der Waals surface area (Å²) in [7, 11) is 0. The quantitative estimate of drug-likeness (QED) is 0.353. The number of pyridine rings is 1. The number of ether oxygens (including phenoxy) is 1. The number of rotatable bonds is 5. The topological polar surface area (TPSA) is 65.2 Å². The molecule has 1 atom stereocenters. The number of nitrogens with zero attached hydrogens (tertiary/aromatic N) is 2. The van der Waals surface area contributed by atoms with Gasteiger partial charge in [-0.3, -0.25) is 9.78 Å². The smallest absolute Gasteiger partial charge is 0.433 e. The Morgan fingerprint density at radius 1 is 1.20 bits per heavy atom. The van der Waals surface area contributed by atoms with Crippen molar-refractivity contribution in [3.8, 4) is 17.0 Å². The summed E-state index contributed by atoms with van der Waals surface area (Å²) in [6, 6.07) is 3.76. The number of benzene rings is 1. The number of ketones is 1. The van der Waals surface area contributed by atoms with Gasteiger partial charge in [0.15, 0.2) is 23.5 Å². The van der Waals surface area contributed by atoms with Crippen molar-refractivity contribution in [1.82, 2.24) is 9.97 Å². The first-order valence-electron chi connectivity index (χ1n) is 8.34. The van der Waals surface area contributed by atoms with Gasteiger partial charge in [0.2, 0.25) is 11.1 Å². The van der Waals surface area contributed by atoms with E-state index in [-0.39, 0.29) is 22.4 Å². The van der Waals surface area contributed by atoms with Gasteiger partial charge in [-0.1, -0.05) is 0 Å². The van der Waals surface area contributed by atoms with Crippen LogP contribution >= 0.6 is 11.6 Å². The predicted octanol–water partition coefficient (Wildman–Crippen LogP) is 6.03. The molecule has 3 aromatic rings. The lowest BCUT2D eigenvalue weighted by Gasteiger charge is -2.13. The Morgan fingerprint density at radius 3 is 2.47 bits per heavy atom. The third-order valence-electron chi connectivity index (χ3n) is 3.99. The van der Waals surface area contributed by atoms with Gasteiger partial charge in [0, 0.05) is 11.8 Å². The minimum atomic E-state index is -4.60. The number of aromatic nitrogens is 2. The Morgan fingerprint density at radius 2 is 1.90 bits per heavy atom. The number of halogens is 6. The molecule has 0 radical (unpaired) electrons. The molecule has 0 aliphatic rings. The van der Waals surface area contributed by atoms with Crippen molar-refractivity contribution in [2.75, 3.05) is 0 Å². The molecule has 0 aliphatic carbocycles. The minimum Gasteiger partial charge on any atom is -0.478 e. The van der Waals surface area contributed by atoms with Crippen molar-refractivity contribution in [2.45, 2.75) is 26.1 Å². The van der Waals surface area contributed by atoms with Gasteiger partial charge < -0.3 is 9.15 Å². The maximum atomic E-state index is 14.4. The van der Waals surface area contributed by atoms with Gasteiger partial charge in [-0.15, -0.1) is 0 Å². The molecule has 0 saturated carbocycles. The van der Waals surface area contributed by atoms with Crippen LogP contribution in [0.4, 0.5) is 22.0 Å². The zero-order chi connectivity index (χ0) is 22.2. The Labute approximate surface area is 171 Å². The van der Waals surface area contributed by atoms with E-state index in [4.69, 9.17) is 20.8 Å². The number of Topliss-reactive ketones (excluding diaryl/α,β-unsaturated/α-hetero) is 1. The molecule has 2 heterocycles. The van der Waals surface area contributed by atoms with Crippen molar-refractivity contribution < 1.29 is 35.9 Å². The average molecular weight is 447 g/mol. The van der Waals surface area contributed by atoms with Crippen molar-refractivity contribution in [1.29, 1.82) is 0 Å². The van der Waals surface area contributed by atoms with E-state index in [1.807, 2.05) is 0 Å². The molecule has 2 aromatic heterocycles. The fraction of sp³-hybridized carbons (Fsp3) is 0.211. The molecular formula is C19H12ClF5N2O3. The van der Waals surface area contributed by atoms with Crippen LogP contribution in [0.3, 0.4) is 0 Å². The number of carbonyl (C=O) groups excluding carboxylic acids is 1. The SMILES string of the molecule is CC(=O)c1c(F)ccc(OC(C)c2nc(-c3ccc(C(F)(F)F)nc3)c(Cl)o2)c1F. The number of carbonyl (C=O) groups is 1. The minimum absolute atomic E-state index is 0.00680. The second-order valence-electron chi connectivity index (χ2n) is 6.16. The number of hydrogen-bond donors (Lipinski definition) is 0. The van der Waals surface area contributed by atoms with E-state index in [0.717, 1.165) is 37.4 Å². The van der Waals surface area contributed by atoms with Gasteiger partial charge in [0.25, 0.3) is 0 Å². The molecule has 1 aromatic carbocycles. The maximum absolute atomic E-state index is 14.4. The largest absolute Gasteiger partial charge is 0.478 e. The monoisotopic (exact) mass is 446 g/mol. The van der Waals surface area contributed by atoms with E-state index in [2.05, 4.69) is 9.97 Å². The van der Waals surface area contributed by atoms with Crippen LogP contribution < -0.4 is 4.74 Å². The van der Waals surface area contributed by atoms with Crippen LogP contribution in [-0.4, -0.2) is 15.8 Å². The Bertz CT molecular complexity index is 1100. The van der Waals surface area contributed by atoms with Gasteiger partial charge in [0.05, 0.1) is 5.56 Å². The zero-order valence-corrected chi connectivity index (χ0v) is 16.1. The summed E-state index contributed by atoms with van der Waals surface area (Å²) in [5, 5.41) is -0.244. The summed E-state index contributed by atoms with van der Waals surface area (Å²) in [6.45, 7) is 2.43. The molecule has 0 bridgehead atoms. The third kappa shape index (κ3) is 4.28. The number of alkyl halides is 3. The van der Waals surface area contributed by atoms with Crippen LogP contribution in [0.2, 0.25) is 5.22 Å². The van der Waals surface area contributed by atoms with E-state index in [0.29, 0.717) is 0 Å². The van der Waals surface area contributed by atoms with Crippen LogP contribution in [0.15, 0.2) is 34.9 Å². The molecule has 0 amide bonds. The third-order valence-corrected chi connectivity index (χ3v) is 4.25. The Hall–Kier alpha value is -3.01. The molecule has 30 heavy (non-hydrogen) atoms. The second kappa shape index (κ2) is 8.02. The average Bonchev–Trinajstić information content (AvgIpc) is 3.05. The van der Waals surface area contributed by atoms with E-state index in [9.17, 15) is 26.7 Å². The first-order chi connectivity index (χ1) is 14.0. The lowest BCUT2D eigenvalue weighted by Crippen LogP contribution is -2.09. The van der Waals surface area contributed by atoms with Crippen LogP contribution in [0.5, 0.6) is 5.75 Å². The van der Waals surface area contributed by atoms with Crippen molar-refractivity contribution >= 4 is 17.4 Å². The Kier molecular flexibility index (Phi) is 5.80. The van der Waals surface area contributed by atoms with Gasteiger partial charge in [-0.2, -0.15) is 13.2 Å². The Balaban J connectivity index is 1.87. The lowest BCUT2D eigenvalue weighted by molar-refractivity contribution is -0.141. The highest BCUT2D eigenvalue weighted by Crippen LogP contribution is 2.34. The second-order valence-corrected chi connectivity index (χ2v) is 6.50. The molecule has 0 saturated heterocycles. The van der Waals surface area contributed by atoms with Gasteiger partial charge in [-0.25, -0.2) is 13.8 Å². The zero-order valence-electron chi connectivity index (χ0n) is 15.4. The van der Waals surface area contributed by atoms with Crippen molar-refractivity contribution in [2.24, 2.45) is 0 Å². The molecule has 0 spiro atoms. The highest BCUT2D eigenvalue weighted by molar-refractivity contribution is 6.31. The highest BCUT2D eigenvalue weighted by Gasteiger charge is 2.32. The van der Waals surface area contributed by atoms with E-state index in [1.165, 1.54) is 6.92 Å². The molecule has 0 N–H and O–H groups in total. The van der Waals surface area contributed by atoms with Crippen LogP contribution in [-0.2, 0) is 6.18 Å². The summed E-state index contributed by atoms with van der Waals surface area (Å²) >= 11 is 5.97. The summed E-state index contributed by atoms with van der Waals surface area (Å²) in [6.07, 6.45) is -4.70. The lowest BCUT2D eigenvalue weighted by atomic mass is 10.1. The molecular weight excluding hydrogens is 435 g/mol. The predicted molar refractivity (Wildman–Crippen MR) is 95.2 cm³/mol. The normalized spacial score (nSPS) is 12.7. The van der Waals surface area contributed by atoms with Gasteiger partial charge >= 0.3 is 6.18 Å². The van der Waals surface area contributed by atoms with Gasteiger partial charge in [-0.05, 0) is 49.7 Å². The molecule has 5 nitrogen and oxygen atoms in total. The van der Waals surface area contributed by atoms with Crippen molar-refractivity contribution in [3.63, 3.8) is 0 Å². The fourth-order valence-electron chi connectivity index (χ4n) is 2.56. The summed E-state index contributed by atoms with van der Waals surface area (Å²) in [4.78, 5) is 18.8. The molecule has 1 unspecified atom stereocenters. The molecule has 3 rings (SSSR count). The number of oxazole rings is 1. The molecule has 0 fully saturated rings. The molecule has 11 heteroatoms. The van der Waals surface area contributed by atoms with E-state index >= 15 is 0 Å². The standard InChI is InChI=1S/C19H12ClF5N2O3/c1-8(28)14-11(21)4-5-12(15(14)22)29-9(2)18-27-16(17(20)30-18)10-3-6-13(26-7-10)19(23,24)25/h3-7,9H,1-2H3. The highest BCUT2D eigenvalue weighted by atomic mass is 35.5.